The number of aliphatic hydroxyl groups excluding tert-OH is 5. The van der Waals surface area contributed by atoms with Gasteiger partial charge in [0.15, 0.2) is 23.6 Å². The first-order valence-electron chi connectivity index (χ1n) is 16.2. The second-order valence-corrected chi connectivity index (χ2v) is 12.2. The average molecular weight is 728 g/mol. The summed E-state index contributed by atoms with van der Waals surface area (Å²) in [4.78, 5) is 50.9. The highest BCUT2D eigenvalue weighted by Gasteiger charge is 2.45. The lowest BCUT2D eigenvalue weighted by atomic mass is 10.1. The van der Waals surface area contributed by atoms with Crippen molar-refractivity contribution in [3.05, 3.63) is 50.8 Å². The molecule has 6 rings (SSSR count). The monoisotopic (exact) mass is 727 g/mol. The molecule has 2 fully saturated rings. The first kappa shape index (κ1) is 36.5. The van der Waals surface area contributed by atoms with Gasteiger partial charge in [-0.2, -0.15) is 9.97 Å². The Morgan fingerprint density at radius 1 is 0.981 bits per heavy atom. The van der Waals surface area contributed by atoms with Crippen LogP contribution in [0.2, 0.25) is 0 Å². The summed E-state index contributed by atoms with van der Waals surface area (Å²) in [5.41, 5.74) is 11.0. The van der Waals surface area contributed by atoms with Crippen LogP contribution < -0.4 is 22.7 Å². The predicted octanol–water partition coefficient (Wildman–Crippen LogP) is -3.94. The number of hydrogen-bond donors (Lipinski definition) is 8. The Kier molecular flexibility index (Phi) is 10.9. The number of esters is 1. The number of rotatable bonds is 12. The molecule has 4 aromatic rings. The van der Waals surface area contributed by atoms with Crippen LogP contribution in [0, 0.1) is 11.8 Å². The van der Waals surface area contributed by atoms with Gasteiger partial charge in [0.05, 0.1) is 24.2 Å². The van der Waals surface area contributed by atoms with Gasteiger partial charge in [-0.15, -0.1) is 5.10 Å². The number of nitrogens with zero attached hydrogens (tertiary/aromatic N) is 8. The molecule has 22 nitrogen and oxygen atoms in total. The van der Waals surface area contributed by atoms with E-state index in [-0.39, 0.29) is 41.5 Å². The van der Waals surface area contributed by atoms with Gasteiger partial charge < -0.3 is 51.2 Å². The molecule has 278 valence electrons. The summed E-state index contributed by atoms with van der Waals surface area (Å²) >= 11 is 0. The third-order valence-electron chi connectivity index (χ3n) is 8.55. The Labute approximate surface area is 292 Å². The number of H-pyrrole nitrogens is 1. The smallest absolute Gasteiger partial charge is 0.351 e. The molecule has 0 bridgehead atoms. The second kappa shape index (κ2) is 15.5. The first-order valence-corrected chi connectivity index (χ1v) is 16.2. The number of fused-ring (bicyclic) bond motifs is 1. The lowest BCUT2D eigenvalue weighted by molar-refractivity contribution is -0.150. The number of aromatic amines is 1. The number of carbonyl (C=O) groups is 1. The van der Waals surface area contributed by atoms with Gasteiger partial charge in [0.2, 0.25) is 5.95 Å². The van der Waals surface area contributed by atoms with Gasteiger partial charge >= 0.3 is 11.7 Å². The quantitative estimate of drug-likeness (QED) is 0.0392. The Hall–Kier alpha value is -5.28. The van der Waals surface area contributed by atoms with E-state index in [1.807, 2.05) is 0 Å². The number of anilines is 2. The van der Waals surface area contributed by atoms with Crippen molar-refractivity contribution in [2.45, 2.75) is 87.7 Å². The molecule has 10 N–H and O–H groups in total. The zero-order valence-corrected chi connectivity index (χ0v) is 27.4. The van der Waals surface area contributed by atoms with E-state index in [0.29, 0.717) is 37.9 Å². The number of aliphatic hydroxyl groups is 5. The maximum absolute atomic E-state index is 12.4. The summed E-state index contributed by atoms with van der Waals surface area (Å²) in [6, 6.07) is 0. The second-order valence-electron chi connectivity index (χ2n) is 12.2. The summed E-state index contributed by atoms with van der Waals surface area (Å²) in [7, 11) is 0. The molecule has 6 heterocycles. The van der Waals surface area contributed by atoms with Gasteiger partial charge in [0, 0.05) is 31.8 Å². The fourth-order valence-electron chi connectivity index (χ4n) is 5.81. The number of nitrogen functional groups attached to an aromatic ring is 2. The minimum absolute atomic E-state index is 0.0251. The van der Waals surface area contributed by atoms with E-state index in [1.54, 1.807) is 10.9 Å². The summed E-state index contributed by atoms with van der Waals surface area (Å²) < 4.78 is 20.3. The Morgan fingerprint density at radius 2 is 1.71 bits per heavy atom. The maximum Gasteiger partial charge on any atom is 0.351 e. The number of ether oxygens (including phenoxy) is 3. The van der Waals surface area contributed by atoms with Gasteiger partial charge in [-0.1, -0.05) is 17.1 Å². The SMILES string of the molecule is Nc1nc2c(ncn2[C@@H]2O[C@H](COC(=O)CCCc3cn(CCCC#Cc4cn([C@@H]5O[C@H](CO)[C@@H](O)[C@H]5O)c(=O)nc4N)nn3)[C@@H](O)[C@H]2O)c(=O)[nH]1. The van der Waals surface area contributed by atoms with Crippen molar-refractivity contribution < 1.29 is 44.5 Å². The van der Waals surface area contributed by atoms with E-state index in [1.165, 1.54) is 17.1 Å². The highest BCUT2D eigenvalue weighted by Crippen LogP contribution is 2.31. The molecule has 0 amide bonds. The van der Waals surface area contributed by atoms with Crippen LogP contribution in [0.1, 0.15) is 49.4 Å². The zero-order valence-electron chi connectivity index (χ0n) is 27.4. The van der Waals surface area contributed by atoms with Crippen LogP contribution in [0.4, 0.5) is 11.8 Å². The molecule has 0 radical (unpaired) electrons. The van der Waals surface area contributed by atoms with Crippen molar-refractivity contribution >= 4 is 28.9 Å². The number of nitrogens with two attached hydrogens (primary N) is 2. The summed E-state index contributed by atoms with van der Waals surface area (Å²) in [5, 5.41) is 58.9. The Morgan fingerprint density at radius 3 is 2.46 bits per heavy atom. The van der Waals surface area contributed by atoms with Crippen LogP contribution in [0.5, 0.6) is 0 Å². The fraction of sp³-hybridized carbons (Fsp3) is 0.533. The molecule has 2 aliphatic heterocycles. The van der Waals surface area contributed by atoms with Gasteiger partial charge in [-0.05, 0) is 19.3 Å². The third-order valence-corrected chi connectivity index (χ3v) is 8.55. The molecule has 0 spiro atoms. The molecule has 4 aromatic heterocycles. The summed E-state index contributed by atoms with van der Waals surface area (Å²) in [6.07, 6.45) is -4.03. The lowest BCUT2D eigenvalue weighted by Crippen LogP contribution is -2.36. The summed E-state index contributed by atoms with van der Waals surface area (Å²) in [6.45, 7) is -0.381. The minimum Gasteiger partial charge on any atom is -0.463 e. The van der Waals surface area contributed by atoms with E-state index >= 15 is 0 Å². The van der Waals surface area contributed by atoms with Crippen molar-refractivity contribution in [1.29, 1.82) is 0 Å². The lowest BCUT2D eigenvalue weighted by Gasteiger charge is -2.17. The average Bonchev–Trinajstić information content (AvgIpc) is 3.87. The molecule has 2 aliphatic rings. The van der Waals surface area contributed by atoms with Crippen LogP contribution in [0.15, 0.2) is 28.3 Å². The molecule has 8 atom stereocenters. The van der Waals surface area contributed by atoms with Crippen LogP contribution in [-0.2, 0) is 32.0 Å². The Bertz CT molecular complexity index is 2090. The van der Waals surface area contributed by atoms with Crippen molar-refractivity contribution in [1.82, 2.24) is 44.1 Å². The van der Waals surface area contributed by atoms with Gasteiger partial charge in [0.1, 0.15) is 49.0 Å². The predicted molar refractivity (Wildman–Crippen MR) is 174 cm³/mol. The van der Waals surface area contributed by atoms with E-state index < -0.39 is 72.9 Å². The first-order chi connectivity index (χ1) is 24.9. The van der Waals surface area contributed by atoms with E-state index in [4.69, 9.17) is 25.7 Å². The van der Waals surface area contributed by atoms with Crippen molar-refractivity contribution in [3.8, 4) is 11.8 Å². The topological polar surface area (TPSA) is 327 Å². The fourth-order valence-corrected chi connectivity index (χ4v) is 5.81. The number of aromatic nitrogens is 9. The van der Waals surface area contributed by atoms with Crippen LogP contribution in [-0.4, -0.2) is 125 Å². The standard InChI is InChI=1S/C30H37N11O11/c31-24-14(9-40(30(49)34-24)27-22(46)20(44)16(11-42)51-27)5-2-1-3-8-39-10-15(37-38-39)6-4-7-18(43)50-12-17-21(45)23(47)28(52-17)41-13-33-19-25(41)35-29(32)36-26(19)48/h9-10,13,16-17,20-23,27-28,42,44-47H,1,3-4,6-8,11-12H2,(H2,31,34,49)(H3,32,35,36,48)/t16-,17-,20-,21-,22-,23-,27-,28-/m1/s1. The van der Waals surface area contributed by atoms with E-state index in [2.05, 4.69) is 42.1 Å². The molecular formula is C30H37N11O11. The minimum atomic E-state index is -1.47. The van der Waals surface area contributed by atoms with E-state index in [0.717, 1.165) is 4.57 Å². The van der Waals surface area contributed by atoms with Gasteiger partial charge in [-0.25, -0.2) is 9.78 Å². The highest BCUT2D eigenvalue weighted by atomic mass is 16.6. The summed E-state index contributed by atoms with van der Waals surface area (Å²) in [5.74, 6) is 4.98. The largest absolute Gasteiger partial charge is 0.463 e. The molecule has 0 unspecified atom stereocenters. The number of imidazole rings is 1. The van der Waals surface area contributed by atoms with Gasteiger partial charge in [0.25, 0.3) is 5.56 Å². The maximum atomic E-state index is 12.4. The van der Waals surface area contributed by atoms with Crippen molar-refractivity contribution in [3.63, 3.8) is 0 Å². The molecule has 0 saturated carbocycles. The third kappa shape index (κ3) is 7.65. The molecule has 22 heteroatoms. The number of carbonyl (C=O) groups excluding carboxylic acids is 1. The number of hydrogen-bond acceptors (Lipinski definition) is 18. The molecule has 0 aliphatic carbocycles. The van der Waals surface area contributed by atoms with Gasteiger partial charge in [-0.3, -0.25) is 28.4 Å². The number of unbranched alkanes of at least 4 members (excludes halogenated alkanes) is 1. The van der Waals surface area contributed by atoms with E-state index in [9.17, 15) is 39.9 Å². The van der Waals surface area contributed by atoms with Crippen LogP contribution in [0.25, 0.3) is 11.2 Å². The zero-order chi connectivity index (χ0) is 37.1. The molecule has 52 heavy (non-hydrogen) atoms. The molecular weight excluding hydrogens is 690 g/mol. The van der Waals surface area contributed by atoms with Crippen molar-refractivity contribution in [2.24, 2.45) is 0 Å². The highest BCUT2D eigenvalue weighted by molar-refractivity contribution is 5.70. The van der Waals surface area contributed by atoms with Crippen LogP contribution in [0.3, 0.4) is 0 Å². The number of nitrogens with one attached hydrogen (secondary N) is 1. The number of aryl methyl sites for hydroxylation is 2. The van der Waals surface area contributed by atoms with Crippen LogP contribution >= 0.6 is 0 Å². The van der Waals surface area contributed by atoms with Crippen molar-refractivity contribution in [2.75, 3.05) is 24.7 Å². The molecule has 0 aromatic carbocycles. The normalized spacial score (nSPS) is 25.7. The Balaban J connectivity index is 0.922. The molecule has 2 saturated heterocycles.